The normalized spacial score (nSPS) is 10.2. The number of pyridine rings is 1. The Morgan fingerprint density at radius 1 is 1.00 bits per heavy atom. The average molecular weight is 239 g/mol. The third-order valence-corrected chi connectivity index (χ3v) is 2.30. The van der Waals surface area contributed by atoms with E-state index in [4.69, 9.17) is 9.15 Å². The lowest BCUT2D eigenvalue weighted by Crippen LogP contribution is -1.87. The lowest BCUT2D eigenvalue weighted by atomic mass is 10.3. The Bertz CT molecular complexity index is 624. The van der Waals surface area contributed by atoms with Crippen molar-refractivity contribution in [3.8, 4) is 23.0 Å². The van der Waals surface area contributed by atoms with E-state index < -0.39 is 0 Å². The van der Waals surface area contributed by atoms with Gasteiger partial charge in [0.25, 0.3) is 0 Å². The zero-order valence-corrected chi connectivity index (χ0v) is 9.35. The molecule has 0 aliphatic carbocycles. The Labute approximate surface area is 103 Å². The minimum atomic E-state index is 0.418. The quantitative estimate of drug-likeness (QED) is 0.703. The summed E-state index contributed by atoms with van der Waals surface area (Å²) in [4.78, 5) is 4.08. The predicted molar refractivity (Wildman–Crippen MR) is 64.0 cm³/mol. The summed E-state index contributed by atoms with van der Waals surface area (Å²) >= 11 is 0. The van der Waals surface area contributed by atoms with Crippen LogP contribution in [0.2, 0.25) is 0 Å². The van der Waals surface area contributed by atoms with Crippen LogP contribution in [0.3, 0.4) is 0 Å². The van der Waals surface area contributed by atoms with Gasteiger partial charge in [0, 0.05) is 6.20 Å². The standard InChI is InChI=1S/C13H9N3O2/c1-2-4-11(5-3-1)18-12-6-10(7-14-8-12)13-16-15-9-17-13/h1-9H. The lowest BCUT2D eigenvalue weighted by Gasteiger charge is -2.05. The van der Waals surface area contributed by atoms with Crippen LogP contribution in [-0.4, -0.2) is 15.2 Å². The van der Waals surface area contributed by atoms with Crippen molar-refractivity contribution in [2.45, 2.75) is 0 Å². The van der Waals surface area contributed by atoms with Gasteiger partial charge in [-0.1, -0.05) is 18.2 Å². The second-order valence-electron chi connectivity index (χ2n) is 3.57. The van der Waals surface area contributed by atoms with Crippen LogP contribution < -0.4 is 4.74 Å². The van der Waals surface area contributed by atoms with Crippen molar-refractivity contribution < 1.29 is 9.15 Å². The van der Waals surface area contributed by atoms with E-state index in [2.05, 4.69) is 15.2 Å². The molecule has 0 spiro atoms. The molecule has 0 fully saturated rings. The van der Waals surface area contributed by atoms with Crippen LogP contribution in [0.4, 0.5) is 0 Å². The smallest absolute Gasteiger partial charge is 0.249 e. The minimum absolute atomic E-state index is 0.418. The number of hydrogen-bond donors (Lipinski definition) is 0. The van der Waals surface area contributed by atoms with Gasteiger partial charge < -0.3 is 9.15 Å². The van der Waals surface area contributed by atoms with Crippen LogP contribution in [0.25, 0.3) is 11.5 Å². The van der Waals surface area contributed by atoms with E-state index in [9.17, 15) is 0 Å². The first-order chi connectivity index (χ1) is 8.92. The third kappa shape index (κ3) is 2.20. The number of nitrogens with zero attached hydrogens (tertiary/aromatic N) is 3. The van der Waals surface area contributed by atoms with E-state index in [0.29, 0.717) is 11.6 Å². The summed E-state index contributed by atoms with van der Waals surface area (Å²) in [5, 5.41) is 7.45. The maximum absolute atomic E-state index is 5.66. The van der Waals surface area contributed by atoms with E-state index in [0.717, 1.165) is 11.3 Å². The second-order valence-corrected chi connectivity index (χ2v) is 3.57. The molecule has 3 rings (SSSR count). The molecule has 2 aromatic heterocycles. The Morgan fingerprint density at radius 2 is 1.89 bits per heavy atom. The Kier molecular flexibility index (Phi) is 2.71. The molecule has 0 radical (unpaired) electrons. The van der Waals surface area contributed by atoms with Crippen molar-refractivity contribution in [2.75, 3.05) is 0 Å². The van der Waals surface area contributed by atoms with Gasteiger partial charge in [-0.25, -0.2) is 0 Å². The van der Waals surface area contributed by atoms with Crippen molar-refractivity contribution in [3.05, 3.63) is 55.2 Å². The molecule has 0 aliphatic rings. The number of ether oxygens (including phenoxy) is 1. The van der Waals surface area contributed by atoms with Gasteiger partial charge in [0.05, 0.1) is 11.8 Å². The fourth-order valence-electron chi connectivity index (χ4n) is 1.52. The van der Waals surface area contributed by atoms with Crippen molar-refractivity contribution in [1.29, 1.82) is 0 Å². The molecule has 0 N–H and O–H groups in total. The SMILES string of the molecule is c1ccc(Oc2cncc(-c3nnco3)c2)cc1. The van der Waals surface area contributed by atoms with Crippen LogP contribution in [0.1, 0.15) is 0 Å². The van der Waals surface area contributed by atoms with Crippen LogP contribution in [0.5, 0.6) is 11.5 Å². The summed E-state index contributed by atoms with van der Waals surface area (Å²) in [5.41, 5.74) is 0.723. The minimum Gasteiger partial charge on any atom is -0.456 e. The molecule has 3 aromatic rings. The average Bonchev–Trinajstić information content (AvgIpc) is 2.94. The zero-order valence-electron chi connectivity index (χ0n) is 9.35. The van der Waals surface area contributed by atoms with Crippen molar-refractivity contribution >= 4 is 0 Å². The van der Waals surface area contributed by atoms with Gasteiger partial charge in [-0.2, -0.15) is 0 Å². The van der Waals surface area contributed by atoms with Gasteiger partial charge >= 0.3 is 0 Å². The van der Waals surface area contributed by atoms with Gasteiger partial charge in [-0.15, -0.1) is 10.2 Å². The fraction of sp³-hybridized carbons (Fsp3) is 0. The predicted octanol–water partition coefficient (Wildman–Crippen LogP) is 2.92. The molecule has 0 unspecified atom stereocenters. The Morgan fingerprint density at radius 3 is 2.67 bits per heavy atom. The van der Waals surface area contributed by atoms with E-state index >= 15 is 0 Å². The molecular formula is C13H9N3O2. The number of hydrogen-bond acceptors (Lipinski definition) is 5. The molecule has 5 nitrogen and oxygen atoms in total. The van der Waals surface area contributed by atoms with E-state index in [1.807, 2.05) is 30.3 Å². The number of para-hydroxylation sites is 1. The first kappa shape index (κ1) is 10.5. The molecular weight excluding hydrogens is 230 g/mol. The highest BCUT2D eigenvalue weighted by atomic mass is 16.5. The van der Waals surface area contributed by atoms with Gasteiger partial charge in [0.2, 0.25) is 12.3 Å². The molecule has 0 aliphatic heterocycles. The van der Waals surface area contributed by atoms with Crippen LogP contribution in [0, 0.1) is 0 Å². The molecule has 0 saturated carbocycles. The highest BCUT2D eigenvalue weighted by molar-refractivity contribution is 5.53. The maximum atomic E-state index is 5.66. The van der Waals surface area contributed by atoms with Crippen molar-refractivity contribution in [3.63, 3.8) is 0 Å². The summed E-state index contributed by atoms with van der Waals surface area (Å²) in [6.07, 6.45) is 4.55. The largest absolute Gasteiger partial charge is 0.456 e. The summed E-state index contributed by atoms with van der Waals surface area (Å²) in [7, 11) is 0. The van der Waals surface area contributed by atoms with E-state index in [-0.39, 0.29) is 0 Å². The molecule has 1 aromatic carbocycles. The van der Waals surface area contributed by atoms with Crippen LogP contribution in [-0.2, 0) is 0 Å². The maximum Gasteiger partial charge on any atom is 0.249 e. The summed E-state index contributed by atoms with van der Waals surface area (Å²) in [5.74, 6) is 1.79. The second kappa shape index (κ2) is 4.67. The molecule has 0 amide bonds. The lowest BCUT2D eigenvalue weighted by molar-refractivity contribution is 0.480. The molecule has 2 heterocycles. The summed E-state index contributed by atoms with van der Waals surface area (Å²) < 4.78 is 10.8. The first-order valence-corrected chi connectivity index (χ1v) is 5.36. The molecule has 5 heteroatoms. The molecule has 18 heavy (non-hydrogen) atoms. The Hall–Kier alpha value is -2.69. The molecule has 0 atom stereocenters. The van der Waals surface area contributed by atoms with Crippen molar-refractivity contribution in [2.24, 2.45) is 0 Å². The van der Waals surface area contributed by atoms with Crippen LogP contribution >= 0.6 is 0 Å². The summed E-state index contributed by atoms with van der Waals surface area (Å²) in [6.45, 7) is 0. The summed E-state index contributed by atoms with van der Waals surface area (Å²) in [6, 6.07) is 11.3. The van der Waals surface area contributed by atoms with E-state index in [1.165, 1.54) is 6.39 Å². The van der Waals surface area contributed by atoms with Crippen LogP contribution in [0.15, 0.2) is 59.6 Å². The molecule has 0 saturated heterocycles. The topological polar surface area (TPSA) is 61.0 Å². The van der Waals surface area contributed by atoms with Gasteiger partial charge in [0.1, 0.15) is 11.5 Å². The first-order valence-electron chi connectivity index (χ1n) is 5.36. The van der Waals surface area contributed by atoms with Gasteiger partial charge in [0.15, 0.2) is 0 Å². The zero-order chi connectivity index (χ0) is 12.2. The number of rotatable bonds is 3. The molecule has 0 bridgehead atoms. The van der Waals surface area contributed by atoms with Gasteiger partial charge in [-0.05, 0) is 18.2 Å². The number of aromatic nitrogens is 3. The Balaban J connectivity index is 1.88. The van der Waals surface area contributed by atoms with Gasteiger partial charge in [-0.3, -0.25) is 4.98 Å². The highest BCUT2D eigenvalue weighted by Crippen LogP contribution is 2.24. The monoisotopic (exact) mass is 239 g/mol. The number of benzene rings is 1. The third-order valence-electron chi connectivity index (χ3n) is 2.30. The van der Waals surface area contributed by atoms with E-state index in [1.54, 1.807) is 18.5 Å². The van der Waals surface area contributed by atoms with Crippen molar-refractivity contribution in [1.82, 2.24) is 15.2 Å². The molecule has 88 valence electrons. The highest BCUT2D eigenvalue weighted by Gasteiger charge is 2.06. The fourth-order valence-corrected chi connectivity index (χ4v) is 1.52.